The maximum atomic E-state index is 10.2. The molecule has 0 heterocycles. The number of carboxylic acid groups (broad SMARTS) is 1. The van der Waals surface area contributed by atoms with E-state index >= 15 is 0 Å². The van der Waals surface area contributed by atoms with Gasteiger partial charge in [-0.15, -0.1) is 4.43 Å². The van der Waals surface area contributed by atoms with Gasteiger partial charge in [-0.1, -0.05) is 35.6 Å². The van der Waals surface area contributed by atoms with Crippen LogP contribution in [0.5, 0.6) is 0 Å². The summed E-state index contributed by atoms with van der Waals surface area (Å²) in [4.78, 5) is 10.2. The summed E-state index contributed by atoms with van der Waals surface area (Å²) in [7, 11) is 0. The lowest BCUT2D eigenvalue weighted by Gasteiger charge is -1.95. The molecule has 61 valence electrons. The largest absolute Gasteiger partial charge is 0.481 e. The summed E-state index contributed by atoms with van der Waals surface area (Å²) in [6, 6.07) is 10.1. The van der Waals surface area contributed by atoms with E-state index in [1.807, 2.05) is 18.2 Å². The van der Waals surface area contributed by atoms with Crippen LogP contribution in [0, 0.1) is 0 Å². The van der Waals surface area contributed by atoms with Crippen molar-refractivity contribution in [3.63, 3.8) is 0 Å². The van der Waals surface area contributed by atoms with Gasteiger partial charge in [0.15, 0.2) is 0 Å². The quantitative estimate of drug-likeness (QED) is 0.694. The van der Waals surface area contributed by atoms with Crippen molar-refractivity contribution in [2.75, 3.05) is 0 Å². The maximum Gasteiger partial charge on any atom is 0.302 e. The Kier molecular flexibility index (Phi) is 3.86. The van der Waals surface area contributed by atoms with Crippen LogP contribution in [0.3, 0.4) is 0 Å². The minimum absolute atomic E-state index is 0.141. The van der Waals surface area contributed by atoms with Crippen LogP contribution in [0.25, 0.3) is 0 Å². The van der Waals surface area contributed by atoms with Gasteiger partial charge in [0.1, 0.15) is 0 Å². The molecule has 0 aliphatic carbocycles. The van der Waals surface area contributed by atoms with Crippen LogP contribution < -0.4 is 4.43 Å². The average molecular weight is 177 g/mol. The van der Waals surface area contributed by atoms with Gasteiger partial charge in [-0.2, -0.15) is 0 Å². The molecule has 0 aliphatic rings. The first-order chi connectivity index (χ1) is 5.79. The standard InChI is InChI=1S/C6H5.C3H5O2.Al/c1-2-4-6-5-3-1;1-2-3(4)5;/h1-5H;1-2H2,(H,4,5);. The number of carbonyl (C=O) groups is 1. The fraction of sp³-hybridized carbons (Fsp3) is 0.222. The molecule has 3 heteroatoms. The van der Waals surface area contributed by atoms with Gasteiger partial charge in [-0.3, -0.25) is 4.79 Å². The van der Waals surface area contributed by atoms with E-state index < -0.39 is 5.97 Å². The summed E-state index contributed by atoms with van der Waals surface area (Å²) < 4.78 is 1.29. The molecule has 1 N–H and O–H groups in total. The lowest BCUT2D eigenvalue weighted by Crippen LogP contribution is -2.13. The van der Waals surface area contributed by atoms with Crippen LogP contribution in [0.15, 0.2) is 30.3 Å². The molecule has 0 aliphatic heterocycles. The Hall–Kier alpha value is -0.778. The zero-order chi connectivity index (χ0) is 8.81. The Labute approximate surface area is 77.9 Å². The second-order valence-electron chi connectivity index (χ2n) is 2.55. The van der Waals surface area contributed by atoms with Gasteiger partial charge in [0.05, 0.1) is 0 Å². The van der Waals surface area contributed by atoms with Crippen molar-refractivity contribution >= 4 is 25.6 Å². The molecule has 12 heavy (non-hydrogen) atoms. The number of hydrogen-bond acceptors (Lipinski definition) is 1. The van der Waals surface area contributed by atoms with Gasteiger partial charge >= 0.3 is 5.97 Å². The van der Waals surface area contributed by atoms with Crippen molar-refractivity contribution in [3.05, 3.63) is 30.3 Å². The van der Waals surface area contributed by atoms with Crippen LogP contribution >= 0.6 is 0 Å². The first-order valence-electron chi connectivity index (χ1n) is 3.89. The second-order valence-corrected chi connectivity index (χ2v) is 4.20. The van der Waals surface area contributed by atoms with Gasteiger partial charge in [0, 0.05) is 6.42 Å². The van der Waals surface area contributed by atoms with E-state index in [4.69, 9.17) is 5.11 Å². The zero-order valence-corrected chi connectivity index (χ0v) is 7.89. The minimum atomic E-state index is -0.696. The van der Waals surface area contributed by atoms with E-state index in [1.54, 1.807) is 0 Å². The van der Waals surface area contributed by atoms with Gasteiger partial charge in [-0.25, -0.2) is 0 Å². The predicted octanol–water partition coefficient (Wildman–Crippen LogP) is 0.909. The van der Waals surface area contributed by atoms with Gasteiger partial charge < -0.3 is 5.11 Å². The minimum Gasteiger partial charge on any atom is -0.481 e. The summed E-state index contributed by atoms with van der Waals surface area (Å²) in [5.41, 5.74) is 0. The normalized spacial score (nSPS) is 9.33. The third-order valence-corrected chi connectivity index (χ3v) is 2.97. The molecule has 1 radical (unpaired) electrons. The molecule has 0 bridgehead atoms. The summed E-state index contributed by atoms with van der Waals surface area (Å²) in [5, 5.41) is 9.21. The number of rotatable bonds is 4. The number of aliphatic carboxylic acids is 1. The molecule has 2 nitrogen and oxygen atoms in total. The van der Waals surface area contributed by atoms with Crippen molar-refractivity contribution in [2.45, 2.75) is 11.7 Å². The highest BCUT2D eigenvalue weighted by Crippen LogP contribution is 1.89. The molecule has 0 spiro atoms. The highest BCUT2D eigenvalue weighted by molar-refractivity contribution is 6.53. The van der Waals surface area contributed by atoms with E-state index in [1.165, 1.54) is 4.43 Å². The summed E-state index contributed by atoms with van der Waals surface area (Å²) in [6.45, 7) is 0. The average Bonchev–Trinajstić information content (AvgIpc) is 2.05. The van der Waals surface area contributed by atoms with Crippen LogP contribution in [-0.4, -0.2) is 26.3 Å². The van der Waals surface area contributed by atoms with Crippen molar-refractivity contribution in [1.29, 1.82) is 0 Å². The molecule has 1 aromatic carbocycles. The lowest BCUT2D eigenvalue weighted by molar-refractivity contribution is -0.136. The zero-order valence-electron chi connectivity index (χ0n) is 6.73. The van der Waals surface area contributed by atoms with Crippen molar-refractivity contribution < 1.29 is 9.90 Å². The second kappa shape index (κ2) is 4.97. The Morgan fingerprint density at radius 2 is 2.00 bits per heavy atom. The van der Waals surface area contributed by atoms with Crippen molar-refractivity contribution in [2.24, 2.45) is 0 Å². The number of benzene rings is 1. The number of carboxylic acids is 1. The van der Waals surface area contributed by atoms with Gasteiger partial charge in [-0.05, 0) is 0 Å². The molecule has 0 fully saturated rings. The van der Waals surface area contributed by atoms with E-state index in [9.17, 15) is 4.79 Å². The highest BCUT2D eigenvalue weighted by Gasteiger charge is 1.99. The predicted molar refractivity (Wildman–Crippen MR) is 48.9 cm³/mol. The fourth-order valence-electron chi connectivity index (χ4n) is 0.951. The van der Waals surface area contributed by atoms with E-state index in [0.717, 1.165) is 5.28 Å². The third kappa shape index (κ3) is 3.57. The molecule has 1 rings (SSSR count). The molecule has 0 atom stereocenters. The summed E-state index contributed by atoms with van der Waals surface area (Å²) in [5.74, 6) is -0.696. The van der Waals surface area contributed by atoms with Crippen LogP contribution in [-0.2, 0) is 4.79 Å². The lowest BCUT2D eigenvalue weighted by atomic mass is 10.4. The van der Waals surface area contributed by atoms with E-state index in [-0.39, 0.29) is 15.2 Å². The van der Waals surface area contributed by atoms with Gasteiger partial charge in [0.2, 0.25) is 0 Å². The van der Waals surface area contributed by atoms with E-state index in [0.29, 0.717) is 6.42 Å². The molecule has 0 amide bonds. The molecule has 1 aromatic rings. The highest BCUT2D eigenvalue weighted by atomic mass is 27.1. The Morgan fingerprint density at radius 1 is 1.33 bits per heavy atom. The molecular weight excluding hydrogens is 167 g/mol. The molecule has 0 aromatic heterocycles. The third-order valence-electron chi connectivity index (χ3n) is 1.54. The topological polar surface area (TPSA) is 37.3 Å². The van der Waals surface area contributed by atoms with Crippen LogP contribution in [0.4, 0.5) is 0 Å². The van der Waals surface area contributed by atoms with Gasteiger partial charge in [0.25, 0.3) is 15.2 Å². The summed E-state index contributed by atoms with van der Waals surface area (Å²) in [6.07, 6.45) is 0.296. The number of hydrogen-bond donors (Lipinski definition) is 1. The van der Waals surface area contributed by atoms with Crippen LogP contribution in [0.1, 0.15) is 6.42 Å². The Morgan fingerprint density at radius 3 is 2.58 bits per heavy atom. The first-order valence-corrected chi connectivity index (χ1v) is 5.28. The first kappa shape index (κ1) is 9.31. The Balaban J connectivity index is 2.29. The maximum absolute atomic E-state index is 10.2. The smallest absolute Gasteiger partial charge is 0.302 e. The van der Waals surface area contributed by atoms with Crippen molar-refractivity contribution in [1.82, 2.24) is 0 Å². The Bertz CT molecular complexity index is 246. The summed E-state index contributed by atoms with van der Waals surface area (Å²) >= 11 is 0.141. The molecular formula is C9H10AlO2. The molecule has 0 saturated carbocycles. The SMILES string of the molecule is O=C(O)C[CH2][Al][c]1ccccc1. The molecule has 0 unspecified atom stereocenters. The fourth-order valence-corrected chi connectivity index (χ4v) is 2.17. The van der Waals surface area contributed by atoms with E-state index in [2.05, 4.69) is 12.1 Å². The monoisotopic (exact) mass is 177 g/mol. The van der Waals surface area contributed by atoms with Crippen LogP contribution in [0.2, 0.25) is 5.28 Å². The van der Waals surface area contributed by atoms with Crippen molar-refractivity contribution in [3.8, 4) is 0 Å². The molecule has 0 saturated heterocycles.